The van der Waals surface area contributed by atoms with Crippen molar-refractivity contribution in [2.75, 3.05) is 40.3 Å². The van der Waals surface area contributed by atoms with Crippen LogP contribution in [0.3, 0.4) is 0 Å². The predicted molar refractivity (Wildman–Crippen MR) is 160 cm³/mol. The number of piperazine rings is 1. The van der Waals surface area contributed by atoms with Crippen molar-refractivity contribution < 1.29 is 19.4 Å². The zero-order chi connectivity index (χ0) is 29.2. The molecule has 1 amide bonds. The van der Waals surface area contributed by atoms with Crippen LogP contribution in [0.5, 0.6) is 5.88 Å². The lowest BCUT2D eigenvalue weighted by Gasteiger charge is -2.32. The van der Waals surface area contributed by atoms with Crippen LogP contribution in [0.2, 0.25) is 0 Å². The third-order valence-corrected chi connectivity index (χ3v) is 7.57. The number of methoxy groups -OCH3 is 1. The smallest absolute Gasteiger partial charge is 0.337 e. The predicted octanol–water partition coefficient (Wildman–Crippen LogP) is 4.09. The van der Waals surface area contributed by atoms with Crippen molar-refractivity contribution >= 4 is 45.2 Å². The molecule has 0 bridgehead atoms. The van der Waals surface area contributed by atoms with E-state index in [2.05, 4.69) is 26.9 Å². The van der Waals surface area contributed by atoms with E-state index in [1.165, 1.54) is 7.11 Å². The Morgan fingerprint density at radius 2 is 1.64 bits per heavy atom. The quantitative estimate of drug-likeness (QED) is 0.236. The van der Waals surface area contributed by atoms with Crippen LogP contribution < -0.4 is 0 Å². The van der Waals surface area contributed by atoms with E-state index in [9.17, 15) is 14.7 Å². The van der Waals surface area contributed by atoms with Gasteiger partial charge in [0, 0.05) is 55.0 Å². The third-order valence-electron chi connectivity index (χ3n) is 7.57. The highest BCUT2D eigenvalue weighted by atomic mass is 16.5. The number of fused-ring (bicyclic) bond motifs is 2. The number of carbonyl (C=O) groups excluding carboxylic acids is 2. The number of nitrogens with one attached hydrogen (secondary N) is 1. The van der Waals surface area contributed by atoms with Crippen LogP contribution in [-0.2, 0) is 16.0 Å². The first-order valence-electron chi connectivity index (χ1n) is 13.7. The summed E-state index contributed by atoms with van der Waals surface area (Å²) in [7, 11) is 3.39. The highest BCUT2D eigenvalue weighted by Crippen LogP contribution is 2.33. The summed E-state index contributed by atoms with van der Waals surface area (Å²) in [5.41, 5.74) is 5.64. The van der Waals surface area contributed by atoms with Gasteiger partial charge in [-0.15, -0.1) is 0 Å². The van der Waals surface area contributed by atoms with Gasteiger partial charge in [0.25, 0.3) is 0 Å². The van der Waals surface area contributed by atoms with Gasteiger partial charge < -0.3 is 24.6 Å². The number of aromatic hydroxyl groups is 1. The van der Waals surface area contributed by atoms with Gasteiger partial charge in [-0.1, -0.05) is 24.3 Å². The van der Waals surface area contributed by atoms with Gasteiger partial charge in [0.05, 0.1) is 47.1 Å². The topological polar surface area (TPSA) is 124 Å². The van der Waals surface area contributed by atoms with Gasteiger partial charge in [-0.25, -0.2) is 9.79 Å². The van der Waals surface area contributed by atoms with Crippen LogP contribution in [0, 0.1) is 0 Å². The fourth-order valence-electron chi connectivity index (χ4n) is 5.20. The molecule has 0 spiro atoms. The average Bonchev–Trinajstić information content (AvgIpc) is 3.34. The number of hydrogen-bond acceptors (Lipinski definition) is 8. The molecule has 1 aliphatic heterocycles. The van der Waals surface area contributed by atoms with E-state index in [1.807, 2.05) is 47.4 Å². The molecule has 5 aromatic rings. The second kappa shape index (κ2) is 11.4. The number of aliphatic imine (C=N–C) groups is 1. The highest BCUT2D eigenvalue weighted by Gasteiger charge is 2.21. The zero-order valence-electron chi connectivity index (χ0n) is 23.4. The lowest BCUT2D eigenvalue weighted by Crippen LogP contribution is -2.47. The number of H-pyrrole nitrogens is 1. The molecule has 0 atom stereocenters. The Morgan fingerprint density at radius 3 is 2.38 bits per heavy atom. The average molecular weight is 563 g/mol. The number of aromatic amines is 1. The number of amides is 1. The molecule has 3 heterocycles. The number of nitrogens with zero attached hydrogens (tertiary/aromatic N) is 5. The summed E-state index contributed by atoms with van der Waals surface area (Å²) in [5.74, 6) is -0.438. The van der Waals surface area contributed by atoms with E-state index >= 15 is 0 Å². The molecule has 0 unspecified atom stereocenters. The second-order valence-corrected chi connectivity index (χ2v) is 10.3. The Hall–Kier alpha value is -5.09. The lowest BCUT2D eigenvalue weighted by atomic mass is 9.99. The van der Waals surface area contributed by atoms with Crippen molar-refractivity contribution in [2.45, 2.75) is 6.42 Å². The summed E-state index contributed by atoms with van der Waals surface area (Å²) in [6.07, 6.45) is 3.59. The number of ether oxygens (including phenoxy) is 1. The number of carbonyl (C=O) groups is 2. The van der Waals surface area contributed by atoms with Crippen molar-refractivity contribution in [3.05, 3.63) is 95.3 Å². The first-order chi connectivity index (χ1) is 20.4. The standard InChI is InChI=1S/C32H30N6O4/c1-37-13-15-38(16-14-37)28(39)17-20-3-7-23(8-4-20)35-30(21-6-10-25-27(18-21)34-12-11-33-25)29-24-9-5-22(32(41)42-2)19-26(24)36-31(29)40/h3-12,18-19,36,40H,13-17H2,1-2H3. The molecule has 0 saturated carbocycles. The van der Waals surface area contributed by atoms with Gasteiger partial charge >= 0.3 is 5.97 Å². The van der Waals surface area contributed by atoms with Crippen LogP contribution >= 0.6 is 0 Å². The Labute approximate surface area is 242 Å². The summed E-state index contributed by atoms with van der Waals surface area (Å²) in [4.78, 5) is 45.8. The van der Waals surface area contributed by atoms with Gasteiger partial charge in [-0.3, -0.25) is 14.8 Å². The summed E-state index contributed by atoms with van der Waals surface area (Å²) >= 11 is 0. The summed E-state index contributed by atoms with van der Waals surface area (Å²) in [6.45, 7) is 3.25. The number of aromatic nitrogens is 3. The van der Waals surface area contributed by atoms with Crippen molar-refractivity contribution in [1.29, 1.82) is 0 Å². The first kappa shape index (κ1) is 27.1. The summed E-state index contributed by atoms with van der Waals surface area (Å²) in [6, 6.07) is 18.2. The number of rotatable bonds is 6. The zero-order valence-corrected chi connectivity index (χ0v) is 23.4. The molecule has 10 heteroatoms. The fraction of sp³-hybridized carbons (Fsp3) is 0.219. The molecule has 1 fully saturated rings. The Kier molecular flexibility index (Phi) is 7.37. The van der Waals surface area contributed by atoms with Gasteiger partial charge in [0.2, 0.25) is 5.91 Å². The van der Waals surface area contributed by atoms with E-state index in [-0.39, 0.29) is 11.8 Å². The number of esters is 1. The number of hydrogen-bond donors (Lipinski definition) is 2. The van der Waals surface area contributed by atoms with Gasteiger partial charge in [0.1, 0.15) is 0 Å². The maximum atomic E-state index is 12.8. The minimum Gasteiger partial charge on any atom is -0.494 e. The van der Waals surface area contributed by atoms with Crippen LogP contribution in [0.4, 0.5) is 5.69 Å². The van der Waals surface area contributed by atoms with E-state index in [0.29, 0.717) is 45.4 Å². The van der Waals surface area contributed by atoms with Crippen LogP contribution in [0.25, 0.3) is 21.9 Å². The van der Waals surface area contributed by atoms with Crippen LogP contribution in [0.15, 0.2) is 78.0 Å². The molecular weight excluding hydrogens is 532 g/mol. The molecule has 42 heavy (non-hydrogen) atoms. The first-order valence-corrected chi connectivity index (χ1v) is 13.7. The molecule has 10 nitrogen and oxygen atoms in total. The molecule has 2 N–H and O–H groups in total. The third kappa shape index (κ3) is 5.44. The largest absolute Gasteiger partial charge is 0.494 e. The Morgan fingerprint density at radius 1 is 0.929 bits per heavy atom. The lowest BCUT2D eigenvalue weighted by molar-refractivity contribution is -0.132. The Balaban J connectivity index is 1.38. The highest BCUT2D eigenvalue weighted by molar-refractivity contribution is 6.22. The van der Waals surface area contributed by atoms with Crippen molar-refractivity contribution in [2.24, 2.45) is 4.99 Å². The minimum atomic E-state index is -0.472. The van der Waals surface area contributed by atoms with E-state index in [1.54, 1.807) is 30.6 Å². The molecule has 6 rings (SSSR count). The summed E-state index contributed by atoms with van der Waals surface area (Å²) in [5, 5.41) is 11.8. The molecule has 2 aromatic heterocycles. The van der Waals surface area contributed by atoms with Gasteiger partial charge in [-0.2, -0.15) is 0 Å². The van der Waals surface area contributed by atoms with Crippen LogP contribution in [-0.4, -0.2) is 87.8 Å². The minimum absolute atomic E-state index is 0.0839. The molecule has 1 aliphatic rings. The maximum Gasteiger partial charge on any atom is 0.337 e. The molecule has 0 aliphatic carbocycles. The molecule has 212 valence electrons. The van der Waals surface area contributed by atoms with Gasteiger partial charge in [-0.05, 0) is 49.0 Å². The fourth-order valence-corrected chi connectivity index (χ4v) is 5.20. The van der Waals surface area contributed by atoms with E-state index in [4.69, 9.17) is 9.73 Å². The van der Waals surface area contributed by atoms with Crippen LogP contribution in [0.1, 0.15) is 27.0 Å². The number of benzene rings is 3. The van der Waals surface area contributed by atoms with E-state index < -0.39 is 5.97 Å². The summed E-state index contributed by atoms with van der Waals surface area (Å²) < 4.78 is 4.85. The second-order valence-electron chi connectivity index (χ2n) is 10.3. The van der Waals surface area contributed by atoms with Gasteiger partial charge in [0.15, 0.2) is 5.88 Å². The molecular formula is C32H30N6O4. The number of likely N-dealkylation sites (N-methyl/N-ethyl adjacent to an activating group) is 1. The normalized spacial score (nSPS) is 14.4. The Bertz CT molecular complexity index is 1820. The molecule has 3 aromatic carbocycles. The van der Waals surface area contributed by atoms with Crippen molar-refractivity contribution in [3.8, 4) is 5.88 Å². The SMILES string of the molecule is COC(=O)c1ccc2c(C(=Nc3ccc(CC(=O)N4CCN(C)CC4)cc3)c3ccc4nccnc4c3)c(O)[nH]c2c1. The molecule has 1 saturated heterocycles. The van der Waals surface area contributed by atoms with Crippen molar-refractivity contribution in [3.63, 3.8) is 0 Å². The van der Waals surface area contributed by atoms with E-state index in [0.717, 1.165) is 42.8 Å². The monoisotopic (exact) mass is 562 g/mol. The van der Waals surface area contributed by atoms with Crippen molar-refractivity contribution in [1.82, 2.24) is 24.8 Å². The maximum absolute atomic E-state index is 12.8. The molecule has 0 radical (unpaired) electrons.